The Bertz CT molecular complexity index is 860. The van der Waals surface area contributed by atoms with E-state index < -0.39 is 14.1 Å². The first kappa shape index (κ1) is 25.0. The molecule has 10 nitrogen and oxygen atoms in total. The number of ether oxygens (including phenoxy) is 1. The monoisotopic (exact) mass is 456 g/mol. The Kier molecular flexibility index (Phi) is 9.21. The lowest BCUT2D eigenvalue weighted by atomic mass is 10.1. The van der Waals surface area contributed by atoms with Crippen LogP contribution in [0.15, 0.2) is 30.0 Å². The lowest BCUT2D eigenvalue weighted by Gasteiger charge is -2.26. The first-order valence-electron chi connectivity index (χ1n) is 9.75. The van der Waals surface area contributed by atoms with Gasteiger partial charge in [-0.3, -0.25) is 23.5 Å². The van der Waals surface area contributed by atoms with Crippen molar-refractivity contribution in [2.45, 2.75) is 45.6 Å². The van der Waals surface area contributed by atoms with Gasteiger partial charge in [0.15, 0.2) is 0 Å². The first-order valence-corrected chi connectivity index (χ1v) is 11.2. The maximum atomic E-state index is 12.7. The van der Waals surface area contributed by atoms with Gasteiger partial charge in [-0.2, -0.15) is 0 Å². The summed E-state index contributed by atoms with van der Waals surface area (Å²) >= 11 is 0. The van der Waals surface area contributed by atoms with Crippen LogP contribution in [0.4, 0.5) is 0 Å². The standard InChI is InChI=1S/C19H25N2O7P.CH4O/c1-13-4-6-17-15(8-13)10-25-29(24,28-17)26-11-16-5-7-18(27-16)21(12-22)9-14(2)19(23)20-3;1-2/h4,6,8-9,12,16,18H,5,7,10-11H2,1-3H3,(H,20,23);2H,1H3/b14-9-;. The Morgan fingerprint density at radius 3 is 2.81 bits per heavy atom. The quantitative estimate of drug-likeness (QED) is 0.364. The first-order chi connectivity index (χ1) is 14.8. The van der Waals surface area contributed by atoms with Gasteiger partial charge in [-0.15, -0.1) is 0 Å². The highest BCUT2D eigenvalue weighted by Crippen LogP contribution is 2.54. The second-order valence-corrected chi connectivity index (χ2v) is 8.55. The number of phosphoric acid groups is 1. The number of carbonyl (C=O) groups excluding carboxylic acids is 2. The molecule has 3 rings (SSSR count). The summed E-state index contributed by atoms with van der Waals surface area (Å²) in [4.78, 5) is 24.3. The van der Waals surface area contributed by atoms with Crippen LogP contribution in [0, 0.1) is 6.92 Å². The van der Waals surface area contributed by atoms with Crippen molar-refractivity contribution in [2.24, 2.45) is 0 Å². The molecule has 1 aromatic carbocycles. The topological polar surface area (TPSA) is 124 Å². The van der Waals surface area contributed by atoms with Gasteiger partial charge < -0.3 is 19.7 Å². The van der Waals surface area contributed by atoms with Crippen LogP contribution in [0.1, 0.15) is 30.9 Å². The summed E-state index contributed by atoms with van der Waals surface area (Å²) in [6.45, 7) is 3.70. The molecule has 2 N–H and O–H groups in total. The summed E-state index contributed by atoms with van der Waals surface area (Å²) in [6.07, 6.45) is 2.28. The zero-order valence-corrected chi connectivity index (χ0v) is 19.0. The SMILES string of the molecule is CNC(=O)/C(C)=C\N(C=O)C1CCC(COP2(=O)OCc3cc(C)ccc3O2)O1.CO. The van der Waals surface area contributed by atoms with Gasteiger partial charge in [0.2, 0.25) is 12.3 Å². The molecule has 0 aromatic heterocycles. The van der Waals surface area contributed by atoms with Gasteiger partial charge in [0.05, 0.1) is 19.3 Å². The van der Waals surface area contributed by atoms with Gasteiger partial charge in [0, 0.05) is 31.5 Å². The van der Waals surface area contributed by atoms with Crippen molar-refractivity contribution >= 4 is 20.1 Å². The molecule has 0 spiro atoms. The summed E-state index contributed by atoms with van der Waals surface area (Å²) in [7, 11) is -1.22. The van der Waals surface area contributed by atoms with E-state index in [1.807, 2.05) is 19.1 Å². The fourth-order valence-electron chi connectivity index (χ4n) is 3.13. The highest BCUT2D eigenvalue weighted by atomic mass is 31.2. The summed E-state index contributed by atoms with van der Waals surface area (Å²) in [6, 6.07) is 5.52. The number of amides is 2. The number of likely N-dealkylation sites (N-methyl/N-ethyl adjacent to an activating group) is 1. The second kappa shape index (κ2) is 11.4. The molecular formula is C20H29N2O8P. The van der Waals surface area contributed by atoms with Crippen molar-refractivity contribution in [1.82, 2.24) is 10.2 Å². The van der Waals surface area contributed by atoms with Crippen molar-refractivity contribution in [3.05, 3.63) is 41.1 Å². The van der Waals surface area contributed by atoms with Gasteiger partial charge in [-0.1, -0.05) is 17.7 Å². The predicted molar refractivity (Wildman–Crippen MR) is 112 cm³/mol. The van der Waals surface area contributed by atoms with Crippen LogP contribution in [0.5, 0.6) is 5.75 Å². The fraction of sp³-hybridized carbons (Fsp3) is 0.500. The third-order valence-electron chi connectivity index (χ3n) is 4.69. The van der Waals surface area contributed by atoms with Crippen LogP contribution in [-0.2, 0) is 34.5 Å². The van der Waals surface area contributed by atoms with E-state index in [-0.39, 0.29) is 25.2 Å². The van der Waals surface area contributed by atoms with Crippen LogP contribution in [0.25, 0.3) is 0 Å². The molecule has 1 saturated heterocycles. The number of benzene rings is 1. The van der Waals surface area contributed by atoms with Crippen LogP contribution in [0.2, 0.25) is 0 Å². The van der Waals surface area contributed by atoms with E-state index in [0.29, 0.717) is 30.6 Å². The summed E-state index contributed by atoms with van der Waals surface area (Å²) in [5.41, 5.74) is 2.25. The van der Waals surface area contributed by atoms with Crippen molar-refractivity contribution in [1.29, 1.82) is 0 Å². The summed E-state index contributed by atoms with van der Waals surface area (Å²) in [5, 5.41) is 9.50. The molecule has 2 aliphatic heterocycles. The minimum atomic E-state index is -3.73. The Labute approximate surface area is 181 Å². The molecule has 0 radical (unpaired) electrons. The third kappa shape index (κ3) is 6.62. The van der Waals surface area contributed by atoms with Crippen molar-refractivity contribution in [2.75, 3.05) is 20.8 Å². The maximum absolute atomic E-state index is 12.7. The molecule has 3 unspecified atom stereocenters. The zero-order valence-electron chi connectivity index (χ0n) is 18.1. The Balaban J connectivity index is 0.00000166. The lowest BCUT2D eigenvalue weighted by Crippen LogP contribution is -2.32. The molecule has 2 heterocycles. The number of nitrogens with one attached hydrogen (secondary N) is 1. The summed E-state index contributed by atoms with van der Waals surface area (Å²) < 4.78 is 34.8. The largest absolute Gasteiger partial charge is 0.530 e. The molecule has 172 valence electrons. The number of hydrogen-bond donors (Lipinski definition) is 2. The van der Waals surface area contributed by atoms with Crippen LogP contribution in [0.3, 0.4) is 0 Å². The van der Waals surface area contributed by atoms with Crippen molar-refractivity contribution in [3.8, 4) is 5.75 Å². The smallest absolute Gasteiger partial charge is 0.404 e. The lowest BCUT2D eigenvalue weighted by molar-refractivity contribution is -0.127. The number of rotatable bonds is 7. The molecule has 31 heavy (non-hydrogen) atoms. The molecule has 3 atom stereocenters. The maximum Gasteiger partial charge on any atom is 0.530 e. The van der Waals surface area contributed by atoms with Crippen LogP contribution < -0.4 is 9.84 Å². The van der Waals surface area contributed by atoms with E-state index in [1.54, 1.807) is 13.0 Å². The number of carbonyl (C=O) groups is 2. The van der Waals surface area contributed by atoms with Crippen molar-refractivity contribution < 1.29 is 37.6 Å². The Morgan fingerprint density at radius 2 is 2.13 bits per heavy atom. The molecule has 2 amide bonds. The Morgan fingerprint density at radius 1 is 1.39 bits per heavy atom. The molecule has 11 heteroatoms. The number of fused-ring (bicyclic) bond motifs is 1. The fourth-order valence-corrected chi connectivity index (χ4v) is 4.38. The molecule has 0 aliphatic carbocycles. The number of nitrogens with zero attached hydrogens (tertiary/aromatic N) is 1. The average molecular weight is 456 g/mol. The number of aliphatic hydroxyl groups is 1. The minimum Gasteiger partial charge on any atom is -0.404 e. The van der Waals surface area contributed by atoms with Gasteiger partial charge in [-0.25, -0.2) is 4.57 Å². The highest BCUT2D eigenvalue weighted by molar-refractivity contribution is 7.49. The molecule has 2 aliphatic rings. The van der Waals surface area contributed by atoms with E-state index >= 15 is 0 Å². The Hall–Kier alpha value is -2.23. The van der Waals surface area contributed by atoms with E-state index in [9.17, 15) is 14.2 Å². The van der Waals surface area contributed by atoms with E-state index in [4.69, 9.17) is 23.4 Å². The van der Waals surface area contributed by atoms with Crippen molar-refractivity contribution in [3.63, 3.8) is 0 Å². The minimum absolute atomic E-state index is 0.000186. The van der Waals surface area contributed by atoms with Gasteiger partial charge >= 0.3 is 7.82 Å². The number of phosphoric ester groups is 1. The molecule has 0 saturated carbocycles. The van der Waals surface area contributed by atoms with Crippen LogP contribution in [-0.4, -0.2) is 55.4 Å². The molecule has 1 fully saturated rings. The van der Waals surface area contributed by atoms with Gasteiger partial charge in [0.1, 0.15) is 12.0 Å². The number of aliphatic hydroxyl groups excluding tert-OH is 1. The van der Waals surface area contributed by atoms with E-state index in [2.05, 4.69) is 5.32 Å². The number of aryl methyl sites for hydroxylation is 1. The zero-order chi connectivity index (χ0) is 23.0. The van der Waals surface area contributed by atoms with E-state index in [0.717, 1.165) is 18.2 Å². The molecule has 0 bridgehead atoms. The second-order valence-electron chi connectivity index (χ2n) is 6.95. The van der Waals surface area contributed by atoms with Gasteiger partial charge in [0.25, 0.3) is 0 Å². The van der Waals surface area contributed by atoms with Crippen LogP contribution >= 0.6 is 7.82 Å². The summed E-state index contributed by atoms with van der Waals surface area (Å²) in [5.74, 6) is 0.201. The number of hydrogen-bond acceptors (Lipinski definition) is 8. The highest BCUT2D eigenvalue weighted by Gasteiger charge is 2.37. The van der Waals surface area contributed by atoms with Gasteiger partial charge in [-0.05, 0) is 32.8 Å². The normalized spacial score (nSPS) is 24.9. The molecular weight excluding hydrogens is 427 g/mol. The average Bonchev–Trinajstić information content (AvgIpc) is 3.26. The third-order valence-corrected chi connectivity index (χ3v) is 6.02. The predicted octanol–water partition coefficient (Wildman–Crippen LogP) is 2.25. The van der Waals surface area contributed by atoms with E-state index in [1.165, 1.54) is 18.1 Å². The molecule has 1 aromatic rings.